The molecule has 4 aromatic rings. The maximum Gasteiger partial charge on any atom is 0.491 e. The van der Waals surface area contributed by atoms with E-state index in [-0.39, 0.29) is 17.9 Å². The van der Waals surface area contributed by atoms with E-state index in [1.165, 1.54) is 12.5 Å². The van der Waals surface area contributed by atoms with Gasteiger partial charge in [0.2, 0.25) is 5.72 Å². The van der Waals surface area contributed by atoms with Crippen molar-refractivity contribution in [3.8, 4) is 11.1 Å². The lowest BCUT2D eigenvalue weighted by atomic mass is 10.0. The summed E-state index contributed by atoms with van der Waals surface area (Å²) in [6.45, 7) is 0. The van der Waals surface area contributed by atoms with Crippen molar-refractivity contribution in [3.05, 3.63) is 90.1 Å². The number of alkyl halides is 3. The van der Waals surface area contributed by atoms with Gasteiger partial charge in [-0.3, -0.25) is 5.73 Å². The van der Waals surface area contributed by atoms with Gasteiger partial charge in [-0.15, -0.1) is 0 Å². The van der Waals surface area contributed by atoms with Crippen LogP contribution < -0.4 is 5.73 Å². The van der Waals surface area contributed by atoms with Crippen molar-refractivity contribution >= 4 is 5.97 Å². The molecule has 0 unspecified atom stereocenters. The topological polar surface area (TPSA) is 120 Å². The summed E-state index contributed by atoms with van der Waals surface area (Å²) in [5.41, 5.74) is 6.81. The molecule has 11 heteroatoms. The van der Waals surface area contributed by atoms with Crippen molar-refractivity contribution < 1.29 is 27.2 Å². The monoisotopic (exact) mass is 457 g/mol. The van der Waals surface area contributed by atoms with Crippen molar-refractivity contribution in [1.29, 1.82) is 0 Å². The highest BCUT2D eigenvalue weighted by atomic mass is 19.4. The van der Waals surface area contributed by atoms with E-state index in [0.717, 1.165) is 16.7 Å². The van der Waals surface area contributed by atoms with Gasteiger partial charge in [-0.2, -0.15) is 18.2 Å². The average molecular weight is 457 g/mol. The summed E-state index contributed by atoms with van der Waals surface area (Å²) in [6.07, 6.45) is -2.73. The fourth-order valence-electron chi connectivity index (χ4n) is 3.16. The molecule has 8 nitrogen and oxygen atoms in total. The Hall–Kier alpha value is -3.99. The summed E-state index contributed by atoms with van der Waals surface area (Å²) < 4.78 is 48.1. The number of imidazole rings is 1. The van der Waals surface area contributed by atoms with Gasteiger partial charge in [0.15, 0.2) is 5.82 Å². The number of hydrogen-bond acceptors (Lipinski definition) is 7. The molecule has 33 heavy (non-hydrogen) atoms. The van der Waals surface area contributed by atoms with Crippen LogP contribution in [0.2, 0.25) is 0 Å². The Morgan fingerprint density at radius 1 is 1.06 bits per heavy atom. The number of esters is 1. The van der Waals surface area contributed by atoms with Gasteiger partial charge in [0.05, 0.1) is 18.4 Å². The molecule has 1 atom stereocenters. The van der Waals surface area contributed by atoms with Gasteiger partial charge < -0.3 is 14.2 Å². The second-order valence-corrected chi connectivity index (χ2v) is 7.27. The number of halogens is 3. The second kappa shape index (κ2) is 8.87. The molecule has 3 N–H and O–H groups in total. The van der Waals surface area contributed by atoms with Gasteiger partial charge in [-0.25, -0.2) is 9.78 Å². The van der Waals surface area contributed by atoms with E-state index in [4.69, 9.17) is 10.3 Å². The Kier molecular flexibility index (Phi) is 5.97. The number of hydrogen-bond donors (Lipinski definition) is 2. The van der Waals surface area contributed by atoms with E-state index in [0.29, 0.717) is 0 Å². The van der Waals surface area contributed by atoms with E-state index in [2.05, 4.69) is 24.8 Å². The zero-order chi connectivity index (χ0) is 23.5. The fourth-order valence-corrected chi connectivity index (χ4v) is 3.16. The molecule has 170 valence electrons. The van der Waals surface area contributed by atoms with Crippen molar-refractivity contribution in [2.45, 2.75) is 24.7 Å². The molecule has 0 aliphatic heterocycles. The number of aromatic nitrogens is 4. The lowest BCUT2D eigenvalue weighted by Gasteiger charge is -2.25. The van der Waals surface area contributed by atoms with E-state index in [1.54, 1.807) is 0 Å². The third-order valence-electron chi connectivity index (χ3n) is 4.76. The first-order valence-corrected chi connectivity index (χ1v) is 9.77. The van der Waals surface area contributed by atoms with Gasteiger partial charge in [0.25, 0.3) is 5.89 Å². The normalized spacial score (nSPS) is 13.5. The van der Waals surface area contributed by atoms with Crippen LogP contribution >= 0.6 is 0 Å². The number of carbonyl (C=O) groups excluding carboxylic acids is 1. The highest BCUT2D eigenvalue weighted by Crippen LogP contribution is 2.28. The number of ether oxygens (including phenoxy) is 1. The third-order valence-corrected chi connectivity index (χ3v) is 4.76. The molecule has 0 saturated heterocycles. The van der Waals surface area contributed by atoms with Crippen LogP contribution in [0.1, 0.15) is 23.0 Å². The number of nitrogens with two attached hydrogens (primary N) is 1. The van der Waals surface area contributed by atoms with Gasteiger partial charge in [0, 0.05) is 12.6 Å². The molecular formula is C22H18F3N5O3. The molecule has 0 amide bonds. The quantitative estimate of drug-likeness (QED) is 0.322. The number of carbonyl (C=O) groups is 1. The molecule has 0 aliphatic carbocycles. The first-order valence-electron chi connectivity index (χ1n) is 9.77. The smallest absolute Gasteiger partial charge is 0.427 e. The molecular weight excluding hydrogens is 439 g/mol. The molecule has 2 heterocycles. The van der Waals surface area contributed by atoms with Crippen molar-refractivity contribution in [1.82, 2.24) is 20.1 Å². The highest BCUT2D eigenvalue weighted by molar-refractivity contribution is 5.76. The molecule has 0 spiro atoms. The average Bonchev–Trinajstić information content (AvgIpc) is 3.47. The molecule has 2 aromatic carbocycles. The minimum atomic E-state index is -5.25. The Bertz CT molecular complexity index is 1210. The first-order chi connectivity index (χ1) is 15.7. The van der Waals surface area contributed by atoms with E-state index >= 15 is 0 Å². The third kappa shape index (κ3) is 5.26. The molecule has 0 fully saturated rings. The lowest BCUT2D eigenvalue weighted by Crippen LogP contribution is -2.47. The Labute approximate surface area is 185 Å². The van der Waals surface area contributed by atoms with Gasteiger partial charge in [-0.05, 0) is 16.7 Å². The molecule has 4 rings (SSSR count). The van der Waals surface area contributed by atoms with Crippen molar-refractivity contribution in [2.75, 3.05) is 0 Å². The molecule has 0 radical (unpaired) electrons. The number of aromatic amines is 1. The summed E-state index contributed by atoms with van der Waals surface area (Å²) >= 11 is 0. The highest BCUT2D eigenvalue weighted by Gasteiger charge is 2.48. The lowest BCUT2D eigenvalue weighted by molar-refractivity contribution is -0.217. The van der Waals surface area contributed by atoms with E-state index in [1.807, 2.05) is 54.6 Å². The fraction of sp³-hybridized carbons (Fsp3) is 0.182. The molecule has 0 saturated carbocycles. The number of H-pyrrole nitrogens is 1. The van der Waals surface area contributed by atoms with Crippen molar-refractivity contribution in [2.24, 2.45) is 5.73 Å². The van der Waals surface area contributed by atoms with Crippen LogP contribution in [0.4, 0.5) is 13.2 Å². The minimum absolute atomic E-state index is 0.164. The predicted molar refractivity (Wildman–Crippen MR) is 109 cm³/mol. The van der Waals surface area contributed by atoms with Gasteiger partial charge >= 0.3 is 12.1 Å². The standard InChI is InChI=1S/C22H18F3N5O3/c23-22(24,25)20(31)32-21(26,11-17-12-27-13-28-17)19-29-18(30-33-19)10-14-6-8-16(9-7-14)15-4-2-1-3-5-15/h1-9,12-13H,10-11,26H2,(H,27,28)/t21-/m0/s1. The van der Waals surface area contributed by atoms with Crippen LogP contribution in [0.3, 0.4) is 0 Å². The number of nitrogens with one attached hydrogen (secondary N) is 1. The summed E-state index contributed by atoms with van der Waals surface area (Å²) in [5.74, 6) is -2.78. The van der Waals surface area contributed by atoms with Crippen LogP contribution in [-0.4, -0.2) is 32.3 Å². The van der Waals surface area contributed by atoms with Crippen LogP contribution in [0.15, 0.2) is 71.6 Å². The Balaban J connectivity index is 1.54. The first kappa shape index (κ1) is 22.2. The molecule has 0 aliphatic rings. The summed E-state index contributed by atoms with van der Waals surface area (Å²) in [4.78, 5) is 22.1. The maximum atomic E-state index is 12.8. The largest absolute Gasteiger partial charge is 0.491 e. The zero-order valence-corrected chi connectivity index (χ0v) is 17.0. The minimum Gasteiger partial charge on any atom is -0.427 e. The van der Waals surface area contributed by atoms with Gasteiger partial charge in [-0.1, -0.05) is 59.8 Å². The Morgan fingerprint density at radius 3 is 2.39 bits per heavy atom. The van der Waals surface area contributed by atoms with Crippen LogP contribution in [0, 0.1) is 0 Å². The SMILES string of the molecule is N[C@@](Cc1c[nH]cn1)(OC(=O)C(F)(F)F)c1nc(Cc2ccc(-c3ccccc3)cc2)no1. The van der Waals surface area contributed by atoms with Gasteiger partial charge in [0.1, 0.15) is 0 Å². The summed E-state index contributed by atoms with van der Waals surface area (Å²) in [5, 5.41) is 3.79. The molecule has 2 aromatic heterocycles. The predicted octanol–water partition coefficient (Wildman–Crippen LogP) is 3.51. The van der Waals surface area contributed by atoms with E-state index in [9.17, 15) is 18.0 Å². The number of benzene rings is 2. The maximum absolute atomic E-state index is 12.8. The molecule has 0 bridgehead atoms. The number of rotatable bonds is 7. The van der Waals surface area contributed by atoms with Crippen LogP contribution in [-0.2, 0) is 28.1 Å². The van der Waals surface area contributed by atoms with Crippen molar-refractivity contribution in [3.63, 3.8) is 0 Å². The van der Waals surface area contributed by atoms with E-state index < -0.39 is 30.2 Å². The summed E-state index contributed by atoms with van der Waals surface area (Å²) in [7, 11) is 0. The van der Waals surface area contributed by atoms with Crippen LogP contribution in [0.25, 0.3) is 11.1 Å². The zero-order valence-electron chi connectivity index (χ0n) is 17.0. The Morgan fingerprint density at radius 2 is 1.76 bits per heavy atom. The summed E-state index contributed by atoms with van der Waals surface area (Å²) in [6, 6.07) is 17.4. The second-order valence-electron chi connectivity index (χ2n) is 7.27. The number of nitrogens with zero attached hydrogens (tertiary/aromatic N) is 3. The van der Waals surface area contributed by atoms with Crippen LogP contribution in [0.5, 0.6) is 0 Å².